The number of hydrogen-bond donors (Lipinski definition) is 2. The smallest absolute Gasteiger partial charge is 0.340 e. The number of benzene rings is 1. The molecule has 0 bridgehead atoms. The van der Waals surface area contributed by atoms with Crippen molar-refractivity contribution in [3.8, 4) is 0 Å². The summed E-state index contributed by atoms with van der Waals surface area (Å²) in [5.41, 5.74) is 5.15. The van der Waals surface area contributed by atoms with Crippen LogP contribution in [0.5, 0.6) is 0 Å². The number of halogens is 3. The second-order valence-corrected chi connectivity index (χ2v) is 3.83. The lowest BCUT2D eigenvalue weighted by Gasteiger charge is -2.10. The zero-order valence-corrected chi connectivity index (χ0v) is 9.41. The van der Waals surface area contributed by atoms with Crippen LogP contribution in [0.25, 0.3) is 0 Å². The molecule has 0 aromatic heterocycles. The van der Waals surface area contributed by atoms with Gasteiger partial charge in [0, 0.05) is 4.47 Å². The summed E-state index contributed by atoms with van der Waals surface area (Å²) >= 11 is 8.58. The molecule has 1 rings (SSSR count). The maximum atomic E-state index is 13.3. The Morgan fingerprint density at radius 3 is 2.57 bits per heavy atom. The predicted octanol–water partition coefficient (Wildman–Crippen LogP) is 2.83. The molecule has 0 aliphatic heterocycles. The highest BCUT2D eigenvalue weighted by atomic mass is 79.9. The van der Waals surface area contributed by atoms with Gasteiger partial charge in [-0.25, -0.2) is 9.18 Å². The molecule has 0 saturated carbocycles. The SMILES string of the molecule is Cc1c(N)c(C(=O)O)c(F)c(Cl)c1Br. The molecule has 76 valence electrons. The highest BCUT2D eigenvalue weighted by Gasteiger charge is 2.22. The summed E-state index contributed by atoms with van der Waals surface area (Å²) in [4.78, 5) is 10.7. The Bertz CT molecular complexity index is 393. The van der Waals surface area contributed by atoms with E-state index in [0.29, 0.717) is 5.56 Å². The molecule has 0 saturated heterocycles. The molecule has 0 aliphatic rings. The van der Waals surface area contributed by atoms with Crippen molar-refractivity contribution in [2.24, 2.45) is 0 Å². The van der Waals surface area contributed by atoms with Crippen molar-refractivity contribution < 1.29 is 14.3 Å². The lowest BCUT2D eigenvalue weighted by atomic mass is 10.1. The van der Waals surface area contributed by atoms with Crippen LogP contribution in [0.15, 0.2) is 4.47 Å². The van der Waals surface area contributed by atoms with Gasteiger partial charge in [-0.05, 0) is 28.4 Å². The van der Waals surface area contributed by atoms with E-state index in [1.165, 1.54) is 0 Å². The third kappa shape index (κ3) is 1.57. The maximum Gasteiger partial charge on any atom is 0.340 e. The van der Waals surface area contributed by atoms with E-state index in [4.69, 9.17) is 22.4 Å². The topological polar surface area (TPSA) is 63.3 Å². The number of rotatable bonds is 1. The fraction of sp³-hybridized carbons (Fsp3) is 0.125. The van der Waals surface area contributed by atoms with Crippen LogP contribution in [0.2, 0.25) is 5.02 Å². The molecule has 0 atom stereocenters. The third-order valence-electron chi connectivity index (χ3n) is 1.82. The van der Waals surface area contributed by atoms with Gasteiger partial charge in [-0.3, -0.25) is 0 Å². The number of anilines is 1. The summed E-state index contributed by atoms with van der Waals surface area (Å²) in [7, 11) is 0. The summed E-state index contributed by atoms with van der Waals surface area (Å²) in [5.74, 6) is -2.45. The average molecular weight is 282 g/mol. The highest BCUT2D eigenvalue weighted by Crippen LogP contribution is 2.35. The average Bonchev–Trinajstić information content (AvgIpc) is 2.11. The van der Waals surface area contributed by atoms with Crippen molar-refractivity contribution in [3.05, 3.63) is 26.4 Å². The van der Waals surface area contributed by atoms with Crippen LogP contribution < -0.4 is 5.73 Å². The van der Waals surface area contributed by atoms with Crippen molar-refractivity contribution in [2.75, 3.05) is 5.73 Å². The first-order chi connectivity index (χ1) is 6.37. The molecule has 0 aliphatic carbocycles. The van der Waals surface area contributed by atoms with E-state index in [9.17, 15) is 9.18 Å². The standard InChI is InChI=1S/C8H6BrClFNO2/c1-2-4(9)5(10)6(11)3(7(2)12)8(13)14/h12H2,1H3,(H,13,14). The molecule has 0 amide bonds. The van der Waals surface area contributed by atoms with Gasteiger partial charge in [-0.2, -0.15) is 0 Å². The molecule has 0 unspecified atom stereocenters. The first kappa shape index (κ1) is 11.3. The fourth-order valence-corrected chi connectivity index (χ4v) is 1.63. The minimum atomic E-state index is -1.43. The van der Waals surface area contributed by atoms with Crippen molar-refractivity contribution in [3.63, 3.8) is 0 Å². The van der Waals surface area contributed by atoms with E-state index in [2.05, 4.69) is 15.9 Å². The summed E-state index contributed by atoms with van der Waals surface area (Å²) in [6, 6.07) is 0. The molecular weight excluding hydrogens is 276 g/mol. The predicted molar refractivity (Wildman–Crippen MR) is 55.2 cm³/mol. The van der Waals surface area contributed by atoms with Gasteiger partial charge in [0.2, 0.25) is 0 Å². The van der Waals surface area contributed by atoms with Crippen LogP contribution in [-0.2, 0) is 0 Å². The van der Waals surface area contributed by atoms with Crippen molar-refractivity contribution in [1.29, 1.82) is 0 Å². The van der Waals surface area contributed by atoms with Crippen LogP contribution in [0, 0.1) is 12.7 Å². The lowest BCUT2D eigenvalue weighted by molar-refractivity contribution is 0.0693. The van der Waals surface area contributed by atoms with Gasteiger partial charge in [-0.1, -0.05) is 11.6 Å². The Hall–Kier alpha value is -0.810. The van der Waals surface area contributed by atoms with Crippen molar-refractivity contribution >= 4 is 39.2 Å². The lowest BCUT2D eigenvalue weighted by Crippen LogP contribution is -2.08. The van der Waals surface area contributed by atoms with Gasteiger partial charge in [0.25, 0.3) is 0 Å². The number of nitrogen functional groups attached to an aromatic ring is 1. The number of carboxylic acid groups (broad SMARTS) is 1. The molecule has 14 heavy (non-hydrogen) atoms. The minimum absolute atomic E-state index is 0.119. The summed E-state index contributed by atoms with van der Waals surface area (Å²) in [5, 5.41) is 8.42. The summed E-state index contributed by atoms with van der Waals surface area (Å²) < 4.78 is 13.6. The first-order valence-electron chi connectivity index (χ1n) is 3.53. The number of carbonyl (C=O) groups is 1. The second kappa shape index (κ2) is 3.74. The molecule has 3 nitrogen and oxygen atoms in total. The third-order valence-corrected chi connectivity index (χ3v) is 3.40. The fourth-order valence-electron chi connectivity index (χ4n) is 1.00. The molecule has 6 heteroatoms. The maximum absolute atomic E-state index is 13.3. The van der Waals surface area contributed by atoms with Gasteiger partial charge in [0.05, 0.1) is 10.7 Å². The molecule has 1 aromatic carbocycles. The highest BCUT2D eigenvalue weighted by molar-refractivity contribution is 9.10. The van der Waals surface area contributed by atoms with Gasteiger partial charge in [-0.15, -0.1) is 0 Å². The Labute approximate surface area is 92.8 Å². The van der Waals surface area contributed by atoms with Crippen LogP contribution in [-0.4, -0.2) is 11.1 Å². The largest absolute Gasteiger partial charge is 0.478 e. The Balaban J connectivity index is 3.68. The Morgan fingerprint density at radius 2 is 2.14 bits per heavy atom. The Morgan fingerprint density at radius 1 is 1.64 bits per heavy atom. The quantitative estimate of drug-likeness (QED) is 0.615. The van der Waals surface area contributed by atoms with Crippen LogP contribution in [0.4, 0.5) is 10.1 Å². The number of aromatic carboxylic acids is 1. The van der Waals surface area contributed by atoms with Crippen LogP contribution in [0.1, 0.15) is 15.9 Å². The molecule has 0 fully saturated rings. The van der Waals surface area contributed by atoms with E-state index < -0.39 is 17.3 Å². The van der Waals surface area contributed by atoms with E-state index in [1.54, 1.807) is 6.92 Å². The second-order valence-electron chi connectivity index (χ2n) is 2.66. The molecule has 3 N–H and O–H groups in total. The first-order valence-corrected chi connectivity index (χ1v) is 4.70. The van der Waals surface area contributed by atoms with E-state index in [-0.39, 0.29) is 15.2 Å². The van der Waals surface area contributed by atoms with Crippen molar-refractivity contribution in [1.82, 2.24) is 0 Å². The zero-order chi connectivity index (χ0) is 11.0. The zero-order valence-electron chi connectivity index (χ0n) is 7.07. The number of hydrogen-bond acceptors (Lipinski definition) is 2. The van der Waals surface area contributed by atoms with Gasteiger partial charge in [0.15, 0.2) is 5.82 Å². The van der Waals surface area contributed by atoms with Gasteiger partial charge < -0.3 is 10.8 Å². The molecule has 0 spiro atoms. The van der Waals surface area contributed by atoms with Crippen LogP contribution in [0.3, 0.4) is 0 Å². The number of nitrogens with two attached hydrogens (primary N) is 1. The van der Waals surface area contributed by atoms with Crippen molar-refractivity contribution in [2.45, 2.75) is 6.92 Å². The van der Waals surface area contributed by atoms with Gasteiger partial charge in [0.1, 0.15) is 5.56 Å². The molecule has 1 aromatic rings. The van der Waals surface area contributed by atoms with E-state index in [0.717, 1.165) is 0 Å². The van der Waals surface area contributed by atoms with Gasteiger partial charge >= 0.3 is 5.97 Å². The van der Waals surface area contributed by atoms with E-state index >= 15 is 0 Å². The molecule has 0 heterocycles. The van der Waals surface area contributed by atoms with E-state index in [1.807, 2.05) is 0 Å². The normalized spacial score (nSPS) is 10.3. The minimum Gasteiger partial charge on any atom is -0.478 e. The number of carboxylic acids is 1. The summed E-state index contributed by atoms with van der Waals surface area (Å²) in [6.45, 7) is 1.55. The monoisotopic (exact) mass is 281 g/mol. The molecule has 0 radical (unpaired) electrons. The Kier molecular flexibility index (Phi) is 3.01. The summed E-state index contributed by atoms with van der Waals surface area (Å²) in [6.07, 6.45) is 0. The molecular formula is C8H6BrClFNO2. The van der Waals surface area contributed by atoms with Crippen LogP contribution >= 0.6 is 27.5 Å².